The fraction of sp³-hybridized carbons (Fsp3) is 0.438. The third kappa shape index (κ3) is 7.36. The number of hydrogen-bond acceptors (Lipinski definition) is 8. The van der Waals surface area contributed by atoms with Crippen molar-refractivity contribution < 1.29 is 23.8 Å². The zero-order valence-electron chi connectivity index (χ0n) is 26.2. The third-order valence-corrected chi connectivity index (χ3v) is 8.09. The molecule has 11 nitrogen and oxygen atoms in total. The highest BCUT2D eigenvalue weighted by Gasteiger charge is 2.25. The Labute approximate surface area is 258 Å². The van der Waals surface area contributed by atoms with Gasteiger partial charge in [0.25, 0.3) is 0 Å². The summed E-state index contributed by atoms with van der Waals surface area (Å²) in [5, 5.41) is 13.2. The van der Waals surface area contributed by atoms with E-state index in [9.17, 15) is 14.7 Å². The van der Waals surface area contributed by atoms with Gasteiger partial charge >= 0.3 is 6.09 Å². The summed E-state index contributed by atoms with van der Waals surface area (Å²) in [6.07, 6.45) is 0.629. The average molecular weight is 608 g/mol. The quantitative estimate of drug-likeness (QED) is 0.297. The molecule has 1 fully saturated rings. The van der Waals surface area contributed by atoms with Gasteiger partial charge in [0.1, 0.15) is 17.4 Å². The van der Waals surface area contributed by atoms with Crippen LogP contribution < -0.4 is 19.9 Å². The van der Waals surface area contributed by atoms with E-state index in [0.29, 0.717) is 42.7 Å². The molecule has 12 heteroatoms. The molecule has 0 aliphatic carbocycles. The smallest absolute Gasteiger partial charge is 0.417 e. The summed E-state index contributed by atoms with van der Waals surface area (Å²) in [7, 11) is 3.52. The van der Waals surface area contributed by atoms with Gasteiger partial charge in [-0.3, -0.25) is 4.79 Å². The van der Waals surface area contributed by atoms with Crippen LogP contribution in [-0.4, -0.2) is 89.8 Å². The van der Waals surface area contributed by atoms with Gasteiger partial charge in [0.2, 0.25) is 11.9 Å². The predicted molar refractivity (Wildman–Crippen MR) is 170 cm³/mol. The van der Waals surface area contributed by atoms with E-state index in [4.69, 9.17) is 4.74 Å². The van der Waals surface area contributed by atoms with Crippen molar-refractivity contribution in [2.24, 2.45) is 5.92 Å². The van der Waals surface area contributed by atoms with Crippen LogP contribution in [-0.2, 0) is 11.2 Å². The molecule has 2 N–H and O–H groups in total. The highest BCUT2D eigenvalue weighted by atomic mass is 19.1. The third-order valence-electron chi connectivity index (χ3n) is 8.09. The molecular formula is C32H42FN7O4. The van der Waals surface area contributed by atoms with Crippen molar-refractivity contribution in [2.75, 3.05) is 62.0 Å². The number of carbonyl (C=O) groups excluding carboxylic acids is 1. The number of halogens is 1. The minimum Gasteiger partial charge on any atom is -0.495 e. The normalized spacial score (nSPS) is 15.9. The molecule has 236 valence electrons. The summed E-state index contributed by atoms with van der Waals surface area (Å²) in [6, 6.07) is 11.8. The van der Waals surface area contributed by atoms with Gasteiger partial charge in [-0.1, -0.05) is 13.0 Å². The molecule has 2 heterocycles. The number of benzene rings is 2. The van der Waals surface area contributed by atoms with E-state index < -0.39 is 6.09 Å². The van der Waals surface area contributed by atoms with Crippen molar-refractivity contribution in [3.05, 3.63) is 60.0 Å². The molecule has 44 heavy (non-hydrogen) atoms. The van der Waals surface area contributed by atoms with Crippen LogP contribution in [0.25, 0.3) is 0 Å². The first-order valence-electron chi connectivity index (χ1n) is 14.9. The number of hydrogen-bond donors (Lipinski definition) is 2. The molecule has 3 aromatic rings. The number of carboxylic acid groups (broad SMARTS) is 1. The molecule has 0 radical (unpaired) electrons. The second-order valence-electron chi connectivity index (χ2n) is 11.0. The fourth-order valence-corrected chi connectivity index (χ4v) is 5.42. The molecule has 1 aromatic heterocycles. The minimum absolute atomic E-state index is 0.0645. The maximum absolute atomic E-state index is 15.2. The Morgan fingerprint density at radius 2 is 1.91 bits per heavy atom. The lowest BCUT2D eigenvalue weighted by Gasteiger charge is -2.39. The monoisotopic (exact) mass is 607 g/mol. The molecule has 2 amide bonds. The van der Waals surface area contributed by atoms with Gasteiger partial charge < -0.3 is 29.9 Å². The SMILES string of the molecule is CCN(CC)C(=O)C(C)Cc1ccc(N(C(=O)O)c2ccnc(Nc3ccc(N4CCN(C)C(C)C4)c(F)c3)n2)c(OC)c1. The van der Waals surface area contributed by atoms with Crippen LogP contribution in [0.1, 0.15) is 33.3 Å². The van der Waals surface area contributed by atoms with Crippen LogP contribution >= 0.6 is 0 Å². The summed E-state index contributed by atoms with van der Waals surface area (Å²) in [5.74, 6) is -0.0530. The molecule has 2 aromatic carbocycles. The first-order chi connectivity index (χ1) is 21.1. The number of carbonyl (C=O) groups is 2. The Hall–Kier alpha value is -4.45. The number of nitrogens with zero attached hydrogens (tertiary/aromatic N) is 6. The van der Waals surface area contributed by atoms with Crippen molar-refractivity contribution >= 4 is 40.8 Å². The Bertz CT molecular complexity index is 1470. The van der Waals surface area contributed by atoms with Crippen LogP contribution in [0.3, 0.4) is 0 Å². The maximum atomic E-state index is 15.2. The van der Waals surface area contributed by atoms with Gasteiger partial charge in [-0.15, -0.1) is 0 Å². The van der Waals surface area contributed by atoms with Crippen LogP contribution in [0.2, 0.25) is 0 Å². The standard InChI is InChI=1S/C32H42FN7O4/c1-7-38(8-2)30(41)21(3)17-23-9-11-27(28(18-23)44-6)40(32(42)43)29-13-14-34-31(36-29)35-24-10-12-26(25(33)19-24)39-16-15-37(5)22(4)20-39/h9-14,18-19,21-22H,7-8,15-17,20H2,1-6H3,(H,42,43)(H,34,35,36). The van der Waals surface area contributed by atoms with Crippen molar-refractivity contribution in [3.8, 4) is 5.75 Å². The highest BCUT2D eigenvalue weighted by molar-refractivity contribution is 5.95. The number of amides is 2. The van der Waals surface area contributed by atoms with Gasteiger partial charge in [0.05, 0.1) is 18.5 Å². The Kier molecular flexibility index (Phi) is 10.6. The second kappa shape index (κ2) is 14.3. The van der Waals surface area contributed by atoms with Crippen LogP contribution in [0.4, 0.5) is 38.0 Å². The largest absolute Gasteiger partial charge is 0.495 e. The number of piperazine rings is 1. The lowest BCUT2D eigenvalue weighted by Crippen LogP contribution is -2.50. The van der Waals surface area contributed by atoms with Crippen LogP contribution in [0.15, 0.2) is 48.7 Å². The van der Waals surface area contributed by atoms with Gasteiger partial charge in [0, 0.05) is 62.6 Å². The van der Waals surface area contributed by atoms with Crippen molar-refractivity contribution in [1.29, 1.82) is 0 Å². The number of nitrogens with one attached hydrogen (secondary N) is 1. The van der Waals surface area contributed by atoms with E-state index in [-0.39, 0.29) is 35.1 Å². The van der Waals surface area contributed by atoms with E-state index in [0.717, 1.165) is 30.1 Å². The zero-order valence-corrected chi connectivity index (χ0v) is 26.2. The number of anilines is 5. The molecule has 4 rings (SSSR count). The summed E-state index contributed by atoms with van der Waals surface area (Å²) in [6.45, 7) is 11.5. The molecule has 0 saturated carbocycles. The number of methoxy groups -OCH3 is 1. The van der Waals surface area contributed by atoms with E-state index in [1.54, 1.807) is 35.2 Å². The summed E-state index contributed by atoms with van der Waals surface area (Å²) >= 11 is 0. The Morgan fingerprint density at radius 3 is 2.55 bits per heavy atom. The molecule has 1 aliphatic heterocycles. The number of likely N-dealkylation sites (N-methyl/N-ethyl adjacent to an activating group) is 1. The summed E-state index contributed by atoms with van der Waals surface area (Å²) < 4.78 is 20.7. The van der Waals surface area contributed by atoms with Crippen LogP contribution in [0.5, 0.6) is 5.75 Å². The maximum Gasteiger partial charge on any atom is 0.417 e. The van der Waals surface area contributed by atoms with E-state index in [1.165, 1.54) is 25.4 Å². The number of ether oxygens (including phenoxy) is 1. The summed E-state index contributed by atoms with van der Waals surface area (Å²) in [4.78, 5) is 41.0. The van der Waals surface area contributed by atoms with E-state index in [1.807, 2.05) is 25.7 Å². The van der Waals surface area contributed by atoms with Gasteiger partial charge in [0.15, 0.2) is 0 Å². The molecule has 2 unspecified atom stereocenters. The van der Waals surface area contributed by atoms with E-state index >= 15 is 4.39 Å². The average Bonchev–Trinajstić information content (AvgIpc) is 3.00. The van der Waals surface area contributed by atoms with E-state index in [2.05, 4.69) is 34.2 Å². The molecule has 0 bridgehead atoms. The van der Waals surface area contributed by atoms with Crippen molar-refractivity contribution in [1.82, 2.24) is 19.8 Å². The summed E-state index contributed by atoms with van der Waals surface area (Å²) in [5.41, 5.74) is 2.06. The Morgan fingerprint density at radius 1 is 1.16 bits per heavy atom. The van der Waals surface area contributed by atoms with Crippen LogP contribution in [0, 0.1) is 11.7 Å². The molecule has 2 atom stereocenters. The first-order valence-corrected chi connectivity index (χ1v) is 14.9. The lowest BCUT2D eigenvalue weighted by atomic mass is 9.99. The minimum atomic E-state index is -1.28. The molecule has 0 spiro atoms. The number of aromatic nitrogens is 2. The van der Waals surface area contributed by atoms with Crippen molar-refractivity contribution in [2.45, 2.75) is 40.2 Å². The van der Waals surface area contributed by atoms with Gasteiger partial charge in [-0.05, 0) is 70.1 Å². The highest BCUT2D eigenvalue weighted by Crippen LogP contribution is 2.35. The molecule has 1 aliphatic rings. The topological polar surface area (TPSA) is 114 Å². The molecule has 1 saturated heterocycles. The number of rotatable bonds is 11. The van der Waals surface area contributed by atoms with Gasteiger partial charge in [-0.25, -0.2) is 19.1 Å². The predicted octanol–water partition coefficient (Wildman–Crippen LogP) is 5.37. The fourth-order valence-electron chi connectivity index (χ4n) is 5.42. The zero-order chi connectivity index (χ0) is 32.0. The van der Waals surface area contributed by atoms with Crippen molar-refractivity contribution in [3.63, 3.8) is 0 Å². The van der Waals surface area contributed by atoms with Gasteiger partial charge in [-0.2, -0.15) is 4.98 Å². The second-order valence-corrected chi connectivity index (χ2v) is 11.0. The Balaban J connectivity index is 1.54. The molecular weight excluding hydrogens is 565 g/mol. The lowest BCUT2D eigenvalue weighted by molar-refractivity contribution is -0.134. The first kappa shape index (κ1) is 32.5.